The summed E-state index contributed by atoms with van der Waals surface area (Å²) in [7, 11) is 0. The zero-order chi connectivity index (χ0) is 10.3. The molecule has 2 atom stereocenters. The molecule has 78 valence electrons. The van der Waals surface area contributed by atoms with E-state index in [-0.39, 0.29) is 0 Å². The van der Waals surface area contributed by atoms with E-state index in [0.29, 0.717) is 17.5 Å². The van der Waals surface area contributed by atoms with Gasteiger partial charge in [0.1, 0.15) is 0 Å². The molecule has 0 radical (unpaired) electrons. The van der Waals surface area contributed by atoms with Gasteiger partial charge in [-0.1, -0.05) is 6.92 Å². The third kappa shape index (κ3) is 1.41. The summed E-state index contributed by atoms with van der Waals surface area (Å²) in [6.45, 7) is 4.21. The molecule has 1 N–H and O–H groups in total. The summed E-state index contributed by atoms with van der Waals surface area (Å²) in [5.41, 5.74) is 1.50. The summed E-state index contributed by atoms with van der Waals surface area (Å²) in [5.74, 6) is 1.79. The van der Waals surface area contributed by atoms with Gasteiger partial charge in [-0.05, 0) is 24.6 Å². The topological polar surface area (TPSA) is 51.0 Å². The first-order chi connectivity index (χ1) is 7.34. The number of nitrogens with one attached hydrogen (secondary N) is 1. The molecule has 2 unspecified atom stereocenters. The normalized spacial score (nSPS) is 26.2. The smallest absolute Gasteiger partial charge is 0.201 e. The molecule has 4 heteroatoms. The zero-order valence-corrected chi connectivity index (χ0v) is 8.60. The quantitative estimate of drug-likeness (QED) is 0.764. The Bertz CT molecular complexity index is 446. The molecule has 1 aliphatic rings. The molecule has 0 aromatic carbocycles. The van der Waals surface area contributed by atoms with Gasteiger partial charge >= 0.3 is 0 Å². The predicted octanol–water partition coefficient (Wildman–Crippen LogP) is 1.55. The van der Waals surface area contributed by atoms with Gasteiger partial charge in [-0.15, -0.1) is 0 Å². The average Bonchev–Trinajstić information content (AvgIpc) is 2.82. The molecule has 1 aliphatic heterocycles. The van der Waals surface area contributed by atoms with E-state index in [9.17, 15) is 0 Å². The molecule has 0 saturated carbocycles. The van der Waals surface area contributed by atoms with Crippen molar-refractivity contribution in [2.75, 3.05) is 13.1 Å². The highest BCUT2D eigenvalue weighted by atomic mass is 16.3. The summed E-state index contributed by atoms with van der Waals surface area (Å²) in [5, 5.41) is 3.34. The molecule has 1 saturated heterocycles. The maximum Gasteiger partial charge on any atom is 0.201 e. The van der Waals surface area contributed by atoms with Gasteiger partial charge in [0, 0.05) is 12.7 Å². The van der Waals surface area contributed by atoms with Gasteiger partial charge in [-0.3, -0.25) is 0 Å². The predicted molar refractivity (Wildman–Crippen MR) is 56.6 cm³/mol. The molecule has 15 heavy (non-hydrogen) atoms. The van der Waals surface area contributed by atoms with Crippen molar-refractivity contribution in [2.24, 2.45) is 5.92 Å². The molecule has 4 nitrogen and oxygen atoms in total. The summed E-state index contributed by atoms with van der Waals surface area (Å²) < 4.78 is 5.71. The second kappa shape index (κ2) is 3.31. The highest BCUT2D eigenvalue weighted by Gasteiger charge is 2.28. The van der Waals surface area contributed by atoms with Crippen LogP contribution in [0.25, 0.3) is 11.2 Å². The number of hydrogen-bond donors (Lipinski definition) is 1. The summed E-state index contributed by atoms with van der Waals surface area (Å²) in [4.78, 5) is 8.60. The number of fused-ring (bicyclic) bond motifs is 1. The van der Waals surface area contributed by atoms with Crippen LogP contribution in [0.5, 0.6) is 0 Å². The number of hydrogen-bond acceptors (Lipinski definition) is 4. The van der Waals surface area contributed by atoms with Crippen LogP contribution in [0, 0.1) is 5.92 Å². The average molecular weight is 203 g/mol. The standard InChI is InChI=1S/C11H13N3O/c1-7-5-12-6-8(7)11-14-10-9(15-11)3-2-4-13-10/h2-4,7-8,12H,5-6H2,1H3. The molecule has 0 spiro atoms. The Hall–Kier alpha value is -1.42. The number of nitrogens with zero attached hydrogens (tertiary/aromatic N) is 2. The van der Waals surface area contributed by atoms with Crippen LogP contribution in [0.1, 0.15) is 18.7 Å². The van der Waals surface area contributed by atoms with Crippen molar-refractivity contribution in [1.82, 2.24) is 15.3 Å². The van der Waals surface area contributed by atoms with Crippen LogP contribution in [0.15, 0.2) is 22.7 Å². The van der Waals surface area contributed by atoms with Crippen molar-refractivity contribution >= 4 is 11.2 Å². The van der Waals surface area contributed by atoms with Crippen LogP contribution in [0.3, 0.4) is 0 Å². The lowest BCUT2D eigenvalue weighted by Gasteiger charge is -2.08. The third-order valence-corrected chi connectivity index (χ3v) is 3.02. The Morgan fingerprint density at radius 2 is 2.40 bits per heavy atom. The number of pyridine rings is 1. The van der Waals surface area contributed by atoms with E-state index in [1.165, 1.54) is 0 Å². The monoisotopic (exact) mass is 203 g/mol. The number of rotatable bonds is 1. The van der Waals surface area contributed by atoms with Crippen LogP contribution in [-0.4, -0.2) is 23.1 Å². The first-order valence-corrected chi connectivity index (χ1v) is 5.27. The van der Waals surface area contributed by atoms with E-state index >= 15 is 0 Å². The fraction of sp³-hybridized carbons (Fsp3) is 0.455. The SMILES string of the molecule is CC1CNCC1c1nc2ncccc2o1. The van der Waals surface area contributed by atoms with Crippen LogP contribution in [0.2, 0.25) is 0 Å². The molecule has 1 fully saturated rings. The van der Waals surface area contributed by atoms with E-state index < -0.39 is 0 Å². The summed E-state index contributed by atoms with van der Waals surface area (Å²) in [6, 6.07) is 3.78. The second-order valence-electron chi connectivity index (χ2n) is 4.12. The second-order valence-corrected chi connectivity index (χ2v) is 4.12. The molecule has 0 aliphatic carbocycles. The lowest BCUT2D eigenvalue weighted by Crippen LogP contribution is -2.08. The van der Waals surface area contributed by atoms with Crippen molar-refractivity contribution in [3.63, 3.8) is 0 Å². The fourth-order valence-electron chi connectivity index (χ4n) is 2.08. The van der Waals surface area contributed by atoms with Crippen molar-refractivity contribution in [2.45, 2.75) is 12.8 Å². The minimum Gasteiger partial charge on any atom is -0.439 e. The molecular weight excluding hydrogens is 190 g/mol. The summed E-state index contributed by atoms with van der Waals surface area (Å²) in [6.07, 6.45) is 1.74. The molecule has 0 amide bonds. The van der Waals surface area contributed by atoms with Gasteiger partial charge in [0.25, 0.3) is 0 Å². The van der Waals surface area contributed by atoms with Crippen molar-refractivity contribution < 1.29 is 4.42 Å². The minimum absolute atomic E-state index is 0.388. The lowest BCUT2D eigenvalue weighted by atomic mass is 9.98. The Labute approximate surface area is 87.7 Å². The van der Waals surface area contributed by atoms with Gasteiger partial charge in [0.05, 0.1) is 5.92 Å². The Morgan fingerprint density at radius 1 is 1.47 bits per heavy atom. The number of oxazole rings is 1. The van der Waals surface area contributed by atoms with Crippen LogP contribution in [0.4, 0.5) is 0 Å². The molecule has 3 rings (SSSR count). The van der Waals surface area contributed by atoms with Gasteiger partial charge in [0.2, 0.25) is 5.89 Å². The Kier molecular flexibility index (Phi) is 1.95. The van der Waals surface area contributed by atoms with E-state index in [4.69, 9.17) is 4.42 Å². The molecule has 0 bridgehead atoms. The van der Waals surface area contributed by atoms with Crippen LogP contribution < -0.4 is 5.32 Å². The van der Waals surface area contributed by atoms with Crippen molar-refractivity contribution in [1.29, 1.82) is 0 Å². The molecule has 3 heterocycles. The zero-order valence-electron chi connectivity index (χ0n) is 8.60. The summed E-state index contributed by atoms with van der Waals surface area (Å²) >= 11 is 0. The minimum atomic E-state index is 0.388. The van der Waals surface area contributed by atoms with E-state index in [1.54, 1.807) is 6.20 Å². The van der Waals surface area contributed by atoms with Gasteiger partial charge in [-0.2, -0.15) is 4.98 Å². The van der Waals surface area contributed by atoms with Gasteiger partial charge in [-0.25, -0.2) is 4.98 Å². The third-order valence-electron chi connectivity index (χ3n) is 3.02. The van der Waals surface area contributed by atoms with Gasteiger partial charge < -0.3 is 9.73 Å². The van der Waals surface area contributed by atoms with Crippen molar-refractivity contribution in [3.05, 3.63) is 24.2 Å². The maximum absolute atomic E-state index is 5.71. The first kappa shape index (κ1) is 8.85. The maximum atomic E-state index is 5.71. The highest BCUT2D eigenvalue weighted by Crippen LogP contribution is 2.28. The molecule has 2 aromatic heterocycles. The first-order valence-electron chi connectivity index (χ1n) is 5.27. The van der Waals surface area contributed by atoms with Crippen LogP contribution >= 0.6 is 0 Å². The lowest BCUT2D eigenvalue weighted by molar-refractivity contribution is 0.435. The Balaban J connectivity index is 2.04. The number of aromatic nitrogens is 2. The van der Waals surface area contributed by atoms with E-state index in [2.05, 4.69) is 22.2 Å². The fourth-order valence-corrected chi connectivity index (χ4v) is 2.08. The van der Waals surface area contributed by atoms with Gasteiger partial charge in [0.15, 0.2) is 11.2 Å². The van der Waals surface area contributed by atoms with Crippen LogP contribution in [-0.2, 0) is 0 Å². The molecular formula is C11H13N3O. The van der Waals surface area contributed by atoms with E-state index in [1.807, 2.05) is 12.1 Å². The van der Waals surface area contributed by atoms with Crippen molar-refractivity contribution in [3.8, 4) is 0 Å². The Morgan fingerprint density at radius 3 is 3.13 bits per heavy atom. The highest BCUT2D eigenvalue weighted by molar-refractivity contribution is 5.67. The van der Waals surface area contributed by atoms with E-state index in [0.717, 1.165) is 24.6 Å². The molecule has 2 aromatic rings. The largest absolute Gasteiger partial charge is 0.439 e.